The van der Waals surface area contributed by atoms with Crippen molar-refractivity contribution in [3.63, 3.8) is 0 Å². The van der Waals surface area contributed by atoms with Crippen LogP contribution in [0.5, 0.6) is 0 Å². The van der Waals surface area contributed by atoms with E-state index in [1.807, 2.05) is 84.9 Å². The Balaban J connectivity index is 1.20. The number of furan rings is 1. The summed E-state index contributed by atoms with van der Waals surface area (Å²) in [5, 5.41) is 5.47. The smallest absolute Gasteiger partial charge is 0.293 e. The normalized spacial score (nSPS) is 13.8. The maximum atomic E-state index is 13.4. The quantitative estimate of drug-likeness (QED) is 0.386. The number of benzene rings is 3. The van der Waals surface area contributed by atoms with Crippen LogP contribution in [0.2, 0.25) is 0 Å². The van der Waals surface area contributed by atoms with Crippen molar-refractivity contribution in [3.05, 3.63) is 103 Å². The van der Waals surface area contributed by atoms with Gasteiger partial charge in [-0.15, -0.1) is 5.10 Å². The van der Waals surface area contributed by atoms with Crippen molar-refractivity contribution < 1.29 is 14.0 Å². The van der Waals surface area contributed by atoms with Gasteiger partial charge < -0.3 is 14.2 Å². The molecule has 1 fully saturated rings. The molecular weight excluding hydrogens is 454 g/mol. The lowest BCUT2D eigenvalue weighted by molar-refractivity contribution is 0.0513. The van der Waals surface area contributed by atoms with E-state index < -0.39 is 0 Å². The highest BCUT2D eigenvalue weighted by molar-refractivity contribution is 5.96. The van der Waals surface area contributed by atoms with E-state index in [1.54, 1.807) is 20.5 Å². The van der Waals surface area contributed by atoms with Crippen LogP contribution in [0.1, 0.15) is 21.2 Å². The molecule has 0 atom stereocenters. The highest BCUT2D eigenvalue weighted by Crippen LogP contribution is 2.23. The van der Waals surface area contributed by atoms with Gasteiger partial charge in [-0.3, -0.25) is 9.59 Å². The van der Waals surface area contributed by atoms with Crippen molar-refractivity contribution in [3.8, 4) is 17.1 Å². The van der Waals surface area contributed by atoms with Gasteiger partial charge in [0.25, 0.3) is 11.8 Å². The number of carbonyl (C=O) groups is 2. The molecule has 2 aromatic heterocycles. The molecule has 8 nitrogen and oxygen atoms in total. The first-order chi connectivity index (χ1) is 17.7. The molecule has 0 aliphatic carbocycles. The Morgan fingerprint density at radius 2 is 1.33 bits per heavy atom. The number of aromatic nitrogens is 3. The predicted octanol–water partition coefficient (Wildman–Crippen LogP) is 4.28. The Kier molecular flexibility index (Phi) is 5.53. The van der Waals surface area contributed by atoms with Crippen LogP contribution in [0, 0.1) is 0 Å². The van der Waals surface area contributed by atoms with Gasteiger partial charge in [-0.25, -0.2) is 9.67 Å². The van der Waals surface area contributed by atoms with Gasteiger partial charge in [0.1, 0.15) is 5.58 Å². The maximum Gasteiger partial charge on any atom is 0.293 e. The minimum atomic E-state index is -0.252. The van der Waals surface area contributed by atoms with Gasteiger partial charge in [0, 0.05) is 37.1 Å². The molecule has 36 heavy (non-hydrogen) atoms. The van der Waals surface area contributed by atoms with E-state index in [0.717, 1.165) is 16.6 Å². The van der Waals surface area contributed by atoms with Crippen LogP contribution in [0.25, 0.3) is 28.0 Å². The van der Waals surface area contributed by atoms with Gasteiger partial charge in [-0.05, 0) is 24.3 Å². The zero-order chi connectivity index (χ0) is 24.5. The Bertz CT molecular complexity index is 1440. The zero-order valence-electron chi connectivity index (χ0n) is 19.4. The molecule has 5 aromatic rings. The molecule has 6 rings (SSSR count). The van der Waals surface area contributed by atoms with Crippen molar-refractivity contribution in [2.45, 2.75) is 0 Å². The van der Waals surface area contributed by atoms with E-state index in [9.17, 15) is 9.59 Å². The Morgan fingerprint density at radius 1 is 0.722 bits per heavy atom. The Morgan fingerprint density at radius 3 is 2.03 bits per heavy atom. The molecular formula is C28H23N5O3. The third kappa shape index (κ3) is 4.02. The molecule has 1 saturated heterocycles. The summed E-state index contributed by atoms with van der Waals surface area (Å²) in [5.41, 5.74) is 2.38. The summed E-state index contributed by atoms with van der Waals surface area (Å²) in [4.78, 5) is 34.4. The number of hydrogen-bond acceptors (Lipinski definition) is 5. The number of hydrogen-bond donors (Lipinski definition) is 0. The van der Waals surface area contributed by atoms with Crippen molar-refractivity contribution in [2.75, 3.05) is 26.2 Å². The third-order valence-corrected chi connectivity index (χ3v) is 6.32. The van der Waals surface area contributed by atoms with Crippen LogP contribution in [-0.4, -0.2) is 62.6 Å². The minimum absolute atomic E-state index is 0.134. The number of fused-ring (bicyclic) bond motifs is 1. The summed E-state index contributed by atoms with van der Waals surface area (Å²) in [6, 6.07) is 28.6. The summed E-state index contributed by atoms with van der Waals surface area (Å²) in [5.74, 6) is 0.624. The van der Waals surface area contributed by atoms with Crippen molar-refractivity contribution in [2.24, 2.45) is 0 Å². The van der Waals surface area contributed by atoms with Crippen LogP contribution in [-0.2, 0) is 0 Å². The maximum absolute atomic E-state index is 13.4. The average molecular weight is 478 g/mol. The first kappa shape index (κ1) is 21.8. The lowest BCUT2D eigenvalue weighted by Crippen LogP contribution is -2.50. The van der Waals surface area contributed by atoms with Crippen LogP contribution >= 0.6 is 0 Å². The Labute approximate surface area is 207 Å². The topological polar surface area (TPSA) is 84.5 Å². The van der Waals surface area contributed by atoms with Crippen LogP contribution < -0.4 is 0 Å². The van der Waals surface area contributed by atoms with Gasteiger partial charge in [-0.1, -0.05) is 66.7 Å². The molecule has 0 radical (unpaired) electrons. The monoisotopic (exact) mass is 477 g/mol. The molecule has 0 N–H and O–H groups in total. The first-order valence-electron chi connectivity index (χ1n) is 11.8. The minimum Gasteiger partial charge on any atom is -0.451 e. The number of nitrogens with zero attached hydrogens (tertiary/aromatic N) is 5. The SMILES string of the molecule is O=C(c1nc(-c2ccccc2)n(-c2ccccc2)n1)N1CCN(C(=O)c2cc3ccccc3o2)CC1. The second-order valence-corrected chi connectivity index (χ2v) is 8.61. The van der Waals surface area contributed by atoms with E-state index in [-0.39, 0.29) is 17.6 Å². The predicted molar refractivity (Wildman–Crippen MR) is 135 cm³/mol. The Hall–Kier alpha value is -4.72. The van der Waals surface area contributed by atoms with Gasteiger partial charge >= 0.3 is 0 Å². The zero-order valence-corrected chi connectivity index (χ0v) is 19.4. The molecule has 3 aromatic carbocycles. The van der Waals surface area contributed by atoms with E-state index in [0.29, 0.717) is 43.3 Å². The molecule has 8 heteroatoms. The fourth-order valence-corrected chi connectivity index (χ4v) is 4.42. The van der Waals surface area contributed by atoms with Gasteiger partial charge in [0.2, 0.25) is 5.82 Å². The number of piperazine rings is 1. The summed E-state index contributed by atoms with van der Waals surface area (Å²) in [7, 11) is 0. The van der Waals surface area contributed by atoms with Gasteiger partial charge in [-0.2, -0.15) is 0 Å². The van der Waals surface area contributed by atoms with E-state index in [4.69, 9.17) is 4.42 Å². The second kappa shape index (κ2) is 9.14. The van der Waals surface area contributed by atoms with Gasteiger partial charge in [0.05, 0.1) is 5.69 Å². The third-order valence-electron chi connectivity index (χ3n) is 6.32. The number of rotatable bonds is 4. The second-order valence-electron chi connectivity index (χ2n) is 8.61. The lowest BCUT2D eigenvalue weighted by atomic mass is 10.2. The largest absolute Gasteiger partial charge is 0.451 e. The van der Waals surface area contributed by atoms with Crippen molar-refractivity contribution in [1.29, 1.82) is 0 Å². The van der Waals surface area contributed by atoms with Gasteiger partial charge in [0.15, 0.2) is 11.6 Å². The fraction of sp³-hybridized carbons (Fsp3) is 0.143. The lowest BCUT2D eigenvalue weighted by Gasteiger charge is -2.33. The molecule has 0 spiro atoms. The molecule has 0 bridgehead atoms. The first-order valence-corrected chi connectivity index (χ1v) is 11.8. The number of amides is 2. The fourth-order valence-electron chi connectivity index (χ4n) is 4.42. The van der Waals surface area contributed by atoms with E-state index in [1.165, 1.54) is 0 Å². The summed E-state index contributed by atoms with van der Waals surface area (Å²) in [6.45, 7) is 1.61. The summed E-state index contributed by atoms with van der Waals surface area (Å²) >= 11 is 0. The van der Waals surface area contributed by atoms with Crippen LogP contribution in [0.4, 0.5) is 0 Å². The average Bonchev–Trinajstić information content (AvgIpc) is 3.59. The van der Waals surface area contributed by atoms with Crippen LogP contribution in [0.15, 0.2) is 95.4 Å². The number of carbonyl (C=O) groups excluding carboxylic acids is 2. The molecule has 0 unspecified atom stereocenters. The van der Waals surface area contributed by atoms with E-state index >= 15 is 0 Å². The molecule has 3 heterocycles. The highest BCUT2D eigenvalue weighted by atomic mass is 16.3. The number of para-hydroxylation sites is 2. The standard InChI is InChI=1S/C28H23N5O3/c34-27(24-19-21-11-7-8-14-23(21)36-24)31-15-17-32(18-16-31)28(35)25-29-26(20-9-3-1-4-10-20)33(30-25)22-12-5-2-6-13-22/h1-14,19H,15-18H2. The van der Waals surface area contributed by atoms with Crippen LogP contribution in [0.3, 0.4) is 0 Å². The highest BCUT2D eigenvalue weighted by Gasteiger charge is 2.29. The molecule has 1 aliphatic rings. The molecule has 0 saturated carbocycles. The van der Waals surface area contributed by atoms with Crippen molar-refractivity contribution in [1.82, 2.24) is 24.6 Å². The van der Waals surface area contributed by atoms with Crippen molar-refractivity contribution >= 4 is 22.8 Å². The van der Waals surface area contributed by atoms with E-state index in [2.05, 4.69) is 10.1 Å². The molecule has 178 valence electrons. The molecule has 1 aliphatic heterocycles. The summed E-state index contributed by atoms with van der Waals surface area (Å²) < 4.78 is 7.43. The molecule has 2 amide bonds. The summed E-state index contributed by atoms with van der Waals surface area (Å²) in [6.07, 6.45) is 0.